The summed E-state index contributed by atoms with van der Waals surface area (Å²) in [6.07, 6.45) is 0.939. The minimum atomic E-state index is 0.939. The summed E-state index contributed by atoms with van der Waals surface area (Å²) in [5.74, 6) is 0. The molecule has 2 nitrogen and oxygen atoms in total. The first-order valence-electron chi connectivity index (χ1n) is 7.17. The Bertz CT molecular complexity index is 1020. The summed E-state index contributed by atoms with van der Waals surface area (Å²) in [5, 5.41) is 2.07. The summed E-state index contributed by atoms with van der Waals surface area (Å²) in [6, 6.07) is 21.0. The summed E-state index contributed by atoms with van der Waals surface area (Å²) in [7, 11) is 0. The highest BCUT2D eigenvalue weighted by Crippen LogP contribution is 2.32. The Labute approximate surface area is 122 Å². The number of para-hydroxylation sites is 2. The fraction of sp³-hybridized carbons (Fsp3) is 0.0526. The molecule has 3 aromatic rings. The molecule has 0 fully saturated rings. The molecule has 2 heteroatoms. The Balaban J connectivity index is 1.89. The van der Waals surface area contributed by atoms with Crippen LogP contribution in [0.3, 0.4) is 0 Å². The van der Waals surface area contributed by atoms with Gasteiger partial charge in [0.05, 0.1) is 22.1 Å². The maximum absolute atomic E-state index is 4.87. The average Bonchev–Trinajstić information content (AvgIpc) is 2.92. The molecular weight excluding hydrogens is 256 g/mol. The van der Waals surface area contributed by atoms with Gasteiger partial charge in [-0.25, -0.2) is 9.98 Å². The number of fused-ring (bicyclic) bond motifs is 6. The van der Waals surface area contributed by atoms with E-state index in [0.29, 0.717) is 0 Å². The lowest BCUT2D eigenvalue weighted by atomic mass is 9.97. The van der Waals surface area contributed by atoms with E-state index in [0.717, 1.165) is 28.5 Å². The van der Waals surface area contributed by atoms with E-state index < -0.39 is 0 Å². The maximum atomic E-state index is 4.87. The Morgan fingerprint density at radius 2 is 1.33 bits per heavy atom. The fourth-order valence-electron chi connectivity index (χ4n) is 3.23. The van der Waals surface area contributed by atoms with Gasteiger partial charge in [0.25, 0.3) is 0 Å². The van der Waals surface area contributed by atoms with Gasteiger partial charge in [-0.1, -0.05) is 48.5 Å². The van der Waals surface area contributed by atoms with Crippen molar-refractivity contribution in [3.05, 3.63) is 82.5 Å². The van der Waals surface area contributed by atoms with E-state index in [4.69, 9.17) is 9.98 Å². The topological polar surface area (TPSA) is 24.7 Å². The van der Waals surface area contributed by atoms with Gasteiger partial charge in [0.2, 0.25) is 0 Å². The van der Waals surface area contributed by atoms with Gasteiger partial charge in [0.1, 0.15) is 0 Å². The molecular formula is C19H12N2. The number of benzene rings is 3. The van der Waals surface area contributed by atoms with E-state index in [-0.39, 0.29) is 0 Å². The third-order valence-corrected chi connectivity index (χ3v) is 4.27. The molecule has 98 valence electrons. The number of hydrogen-bond donors (Lipinski definition) is 0. The largest absolute Gasteiger partial charge is 0.246 e. The first-order valence-corrected chi connectivity index (χ1v) is 7.17. The quantitative estimate of drug-likeness (QED) is 0.411. The third-order valence-electron chi connectivity index (χ3n) is 4.27. The van der Waals surface area contributed by atoms with Crippen LogP contribution in [0.15, 0.2) is 70.6 Å². The van der Waals surface area contributed by atoms with E-state index in [1.165, 1.54) is 22.3 Å². The van der Waals surface area contributed by atoms with E-state index in [1.807, 2.05) is 12.1 Å². The molecule has 0 saturated carbocycles. The number of hydrogen-bond acceptors (Lipinski definition) is 2. The molecule has 0 amide bonds. The molecule has 0 saturated heterocycles. The predicted octanol–water partition coefficient (Wildman–Crippen LogP) is 3.47. The van der Waals surface area contributed by atoms with Crippen molar-refractivity contribution in [1.82, 2.24) is 0 Å². The van der Waals surface area contributed by atoms with Gasteiger partial charge in [-0.3, -0.25) is 0 Å². The van der Waals surface area contributed by atoms with Crippen molar-refractivity contribution in [2.75, 3.05) is 0 Å². The standard InChI is InChI=1S/C19H12N2/c1-3-7-16-12(5-1)11-13-9-10-15-14-6-2-4-8-17(14)21-19(15)18(13)20-16/h1-10H,11H2. The fourth-order valence-corrected chi connectivity index (χ4v) is 3.23. The lowest BCUT2D eigenvalue weighted by molar-refractivity contribution is 1.06. The van der Waals surface area contributed by atoms with Crippen LogP contribution in [-0.4, -0.2) is 0 Å². The van der Waals surface area contributed by atoms with Crippen LogP contribution in [0.4, 0.5) is 11.4 Å². The van der Waals surface area contributed by atoms with E-state index >= 15 is 0 Å². The zero-order chi connectivity index (χ0) is 13.8. The lowest BCUT2D eigenvalue weighted by Crippen LogP contribution is -2.31. The summed E-state index contributed by atoms with van der Waals surface area (Å²) in [5.41, 5.74) is 7.10. The summed E-state index contributed by atoms with van der Waals surface area (Å²) < 4.78 is 0. The van der Waals surface area contributed by atoms with Crippen molar-refractivity contribution in [3.8, 4) is 11.1 Å². The Morgan fingerprint density at radius 1 is 0.571 bits per heavy atom. The molecule has 0 spiro atoms. The maximum Gasteiger partial charge on any atom is 0.0975 e. The van der Waals surface area contributed by atoms with Gasteiger partial charge in [-0.15, -0.1) is 0 Å². The highest BCUT2D eigenvalue weighted by atomic mass is 14.8. The van der Waals surface area contributed by atoms with Crippen molar-refractivity contribution >= 4 is 11.4 Å². The minimum Gasteiger partial charge on any atom is -0.246 e. The molecule has 2 aliphatic heterocycles. The first kappa shape index (κ1) is 11.0. The van der Waals surface area contributed by atoms with E-state index in [2.05, 4.69) is 48.5 Å². The van der Waals surface area contributed by atoms with Crippen molar-refractivity contribution < 1.29 is 0 Å². The molecule has 21 heavy (non-hydrogen) atoms. The first-order chi connectivity index (χ1) is 10.4. The highest BCUT2D eigenvalue weighted by molar-refractivity contribution is 5.79. The minimum absolute atomic E-state index is 0.939. The molecule has 5 rings (SSSR count). The molecule has 0 aromatic heterocycles. The second-order valence-corrected chi connectivity index (χ2v) is 5.52. The van der Waals surface area contributed by atoms with Crippen LogP contribution < -0.4 is 10.7 Å². The second-order valence-electron chi connectivity index (χ2n) is 5.52. The van der Waals surface area contributed by atoms with Crippen LogP contribution in [0, 0.1) is 0 Å². The van der Waals surface area contributed by atoms with Crippen molar-refractivity contribution in [2.45, 2.75) is 6.42 Å². The van der Waals surface area contributed by atoms with Crippen LogP contribution in [-0.2, 0) is 6.42 Å². The second kappa shape index (κ2) is 3.89. The summed E-state index contributed by atoms with van der Waals surface area (Å²) in [4.78, 5) is 9.68. The SMILES string of the molecule is c1ccc2c(c1)Cc1ccc3c(c1=N2)=Nc1ccccc1-3. The Hall–Kier alpha value is -2.74. The van der Waals surface area contributed by atoms with Gasteiger partial charge >= 0.3 is 0 Å². The van der Waals surface area contributed by atoms with Crippen LogP contribution in [0.5, 0.6) is 0 Å². The Morgan fingerprint density at radius 3 is 2.29 bits per heavy atom. The monoisotopic (exact) mass is 268 g/mol. The molecule has 3 aromatic carbocycles. The molecule has 0 aliphatic carbocycles. The average molecular weight is 268 g/mol. The zero-order valence-electron chi connectivity index (χ0n) is 11.4. The van der Waals surface area contributed by atoms with Crippen molar-refractivity contribution in [3.63, 3.8) is 0 Å². The lowest BCUT2D eigenvalue weighted by Gasteiger charge is -2.12. The number of nitrogens with zero attached hydrogens (tertiary/aromatic N) is 2. The van der Waals surface area contributed by atoms with E-state index in [9.17, 15) is 0 Å². The molecule has 0 N–H and O–H groups in total. The van der Waals surface area contributed by atoms with Gasteiger partial charge in [-0.05, 0) is 23.3 Å². The van der Waals surface area contributed by atoms with Gasteiger partial charge in [0, 0.05) is 17.5 Å². The zero-order valence-corrected chi connectivity index (χ0v) is 11.4. The van der Waals surface area contributed by atoms with Crippen molar-refractivity contribution in [1.29, 1.82) is 0 Å². The predicted molar refractivity (Wildman–Crippen MR) is 82.8 cm³/mol. The van der Waals surface area contributed by atoms with Crippen LogP contribution in [0.25, 0.3) is 11.1 Å². The van der Waals surface area contributed by atoms with Crippen LogP contribution >= 0.6 is 0 Å². The molecule has 0 unspecified atom stereocenters. The van der Waals surface area contributed by atoms with Crippen LogP contribution in [0.1, 0.15) is 11.1 Å². The van der Waals surface area contributed by atoms with Gasteiger partial charge in [0.15, 0.2) is 0 Å². The summed E-state index contributed by atoms with van der Waals surface area (Å²) in [6.45, 7) is 0. The Kier molecular flexibility index (Phi) is 2.03. The van der Waals surface area contributed by atoms with E-state index in [1.54, 1.807) is 0 Å². The van der Waals surface area contributed by atoms with Gasteiger partial charge in [-0.2, -0.15) is 0 Å². The van der Waals surface area contributed by atoms with Crippen LogP contribution in [0.2, 0.25) is 0 Å². The number of rotatable bonds is 0. The highest BCUT2D eigenvalue weighted by Gasteiger charge is 2.18. The van der Waals surface area contributed by atoms with Crippen molar-refractivity contribution in [2.24, 2.45) is 9.98 Å². The molecule has 2 aliphatic rings. The smallest absolute Gasteiger partial charge is 0.0975 e. The molecule has 0 atom stereocenters. The molecule has 0 radical (unpaired) electrons. The normalized spacial score (nSPS) is 13.3. The van der Waals surface area contributed by atoms with Gasteiger partial charge < -0.3 is 0 Å². The third kappa shape index (κ3) is 1.47. The molecule has 0 bridgehead atoms. The summed E-state index contributed by atoms with van der Waals surface area (Å²) >= 11 is 0. The molecule has 2 heterocycles.